The maximum atomic E-state index is 12.5. The molecule has 27 heavy (non-hydrogen) atoms. The van der Waals surface area contributed by atoms with Gasteiger partial charge in [0.25, 0.3) is 5.91 Å². The lowest BCUT2D eigenvalue weighted by atomic mass is 10.1. The number of hydrogen-bond acceptors (Lipinski definition) is 4. The van der Waals surface area contributed by atoms with Crippen LogP contribution in [0, 0.1) is 0 Å². The van der Waals surface area contributed by atoms with Crippen LogP contribution in [-0.4, -0.2) is 30.7 Å². The number of hydrogen-bond donors (Lipinski definition) is 1. The molecular formula is C21H22N2O4. The molecule has 2 aromatic rings. The van der Waals surface area contributed by atoms with E-state index in [1.54, 1.807) is 25.1 Å². The summed E-state index contributed by atoms with van der Waals surface area (Å²) in [7, 11) is 0. The topological polar surface area (TPSA) is 75.7 Å². The van der Waals surface area contributed by atoms with Crippen LogP contribution in [-0.2, 0) is 9.59 Å². The van der Waals surface area contributed by atoms with E-state index in [0.717, 1.165) is 5.56 Å². The van der Waals surface area contributed by atoms with Crippen LogP contribution in [0.2, 0.25) is 0 Å². The normalized spacial score (nSPS) is 14.1. The fourth-order valence-electron chi connectivity index (χ4n) is 3.01. The second-order valence-electron chi connectivity index (χ2n) is 6.43. The Balaban J connectivity index is 1.77. The lowest BCUT2D eigenvalue weighted by Crippen LogP contribution is -2.45. The summed E-state index contributed by atoms with van der Waals surface area (Å²) < 4.78 is 5.43. The standard InChI is InChI=1S/C21H22N2O4/c1-3-18(24)16-9-10-19-17(11-16)23(21(26)13-27-19)12-20(25)22-14(2)15-7-5-4-6-8-15/h4-11,14H,3,12-13H2,1-2H3,(H,22,25). The number of rotatable bonds is 6. The van der Waals surface area contributed by atoms with Gasteiger partial charge in [0.2, 0.25) is 5.91 Å². The fourth-order valence-corrected chi connectivity index (χ4v) is 3.01. The van der Waals surface area contributed by atoms with Crippen LogP contribution in [0.5, 0.6) is 5.75 Å². The van der Waals surface area contributed by atoms with Gasteiger partial charge < -0.3 is 10.1 Å². The summed E-state index contributed by atoms with van der Waals surface area (Å²) in [5, 5.41) is 2.90. The molecule has 0 aromatic heterocycles. The predicted octanol–water partition coefficient (Wildman–Crippen LogP) is 2.88. The average molecular weight is 366 g/mol. The third-order valence-electron chi connectivity index (χ3n) is 4.52. The van der Waals surface area contributed by atoms with Gasteiger partial charge in [0, 0.05) is 12.0 Å². The van der Waals surface area contributed by atoms with Gasteiger partial charge in [-0.05, 0) is 30.7 Å². The van der Waals surface area contributed by atoms with Crippen molar-refractivity contribution < 1.29 is 19.1 Å². The number of carbonyl (C=O) groups is 3. The third kappa shape index (κ3) is 4.16. The number of anilines is 1. The first-order valence-corrected chi connectivity index (χ1v) is 8.94. The molecule has 3 rings (SSSR count). The molecule has 1 aliphatic rings. The van der Waals surface area contributed by atoms with Crippen molar-refractivity contribution in [3.63, 3.8) is 0 Å². The van der Waals surface area contributed by atoms with Crippen LogP contribution < -0.4 is 15.0 Å². The monoisotopic (exact) mass is 366 g/mol. The molecule has 2 aromatic carbocycles. The van der Waals surface area contributed by atoms with E-state index in [1.807, 2.05) is 37.3 Å². The van der Waals surface area contributed by atoms with Crippen molar-refractivity contribution in [2.45, 2.75) is 26.3 Å². The van der Waals surface area contributed by atoms with Crippen molar-refractivity contribution in [2.75, 3.05) is 18.1 Å². The Morgan fingerprint density at radius 3 is 2.63 bits per heavy atom. The minimum Gasteiger partial charge on any atom is -0.482 e. The van der Waals surface area contributed by atoms with Gasteiger partial charge in [-0.15, -0.1) is 0 Å². The summed E-state index contributed by atoms with van der Waals surface area (Å²) in [6.07, 6.45) is 0.364. The molecule has 0 saturated heterocycles. The summed E-state index contributed by atoms with van der Waals surface area (Å²) in [6, 6.07) is 14.4. The molecule has 1 aliphatic heterocycles. The Bertz CT molecular complexity index is 864. The fraction of sp³-hybridized carbons (Fsp3) is 0.286. The van der Waals surface area contributed by atoms with Gasteiger partial charge in [0.05, 0.1) is 11.7 Å². The Hall–Kier alpha value is -3.15. The SMILES string of the molecule is CCC(=O)c1ccc2c(c1)N(CC(=O)NC(C)c1ccccc1)C(=O)CO2. The van der Waals surface area contributed by atoms with Gasteiger partial charge >= 0.3 is 0 Å². The van der Waals surface area contributed by atoms with Gasteiger partial charge in [-0.2, -0.15) is 0 Å². The largest absolute Gasteiger partial charge is 0.482 e. The molecule has 1 heterocycles. The Kier molecular flexibility index (Phi) is 5.54. The van der Waals surface area contributed by atoms with Crippen LogP contribution in [0.1, 0.15) is 42.2 Å². The number of ketones is 1. The Morgan fingerprint density at radius 1 is 1.19 bits per heavy atom. The van der Waals surface area contributed by atoms with Crippen LogP contribution in [0.15, 0.2) is 48.5 Å². The summed E-state index contributed by atoms with van der Waals surface area (Å²) in [5.74, 6) is -0.130. The number of ether oxygens (including phenoxy) is 1. The predicted molar refractivity (Wildman–Crippen MR) is 102 cm³/mol. The van der Waals surface area contributed by atoms with Gasteiger partial charge in [0.15, 0.2) is 12.4 Å². The number of carbonyl (C=O) groups excluding carboxylic acids is 3. The number of nitrogens with zero attached hydrogens (tertiary/aromatic N) is 1. The quantitative estimate of drug-likeness (QED) is 0.798. The zero-order valence-electron chi connectivity index (χ0n) is 15.4. The van der Waals surface area contributed by atoms with Crippen molar-refractivity contribution in [3.8, 4) is 5.75 Å². The maximum absolute atomic E-state index is 12.5. The lowest BCUT2D eigenvalue weighted by Gasteiger charge is -2.29. The van der Waals surface area contributed by atoms with Crippen LogP contribution in [0.3, 0.4) is 0 Å². The van der Waals surface area contributed by atoms with Crippen molar-refractivity contribution in [1.29, 1.82) is 0 Å². The van der Waals surface area contributed by atoms with E-state index in [9.17, 15) is 14.4 Å². The molecule has 1 atom stereocenters. The molecule has 0 fully saturated rings. The number of benzene rings is 2. The van der Waals surface area contributed by atoms with E-state index in [0.29, 0.717) is 23.4 Å². The maximum Gasteiger partial charge on any atom is 0.265 e. The van der Waals surface area contributed by atoms with Gasteiger partial charge in [-0.25, -0.2) is 0 Å². The van der Waals surface area contributed by atoms with Crippen LogP contribution in [0.4, 0.5) is 5.69 Å². The second-order valence-corrected chi connectivity index (χ2v) is 6.43. The van der Waals surface area contributed by atoms with E-state index >= 15 is 0 Å². The minimum absolute atomic E-state index is 0.0297. The zero-order chi connectivity index (χ0) is 19.4. The first-order valence-electron chi connectivity index (χ1n) is 8.94. The van der Waals surface area contributed by atoms with Crippen LogP contribution >= 0.6 is 0 Å². The van der Waals surface area contributed by atoms with E-state index in [1.165, 1.54) is 4.90 Å². The number of fused-ring (bicyclic) bond motifs is 1. The molecule has 1 N–H and O–H groups in total. The molecule has 6 heteroatoms. The third-order valence-corrected chi connectivity index (χ3v) is 4.52. The molecule has 0 saturated carbocycles. The zero-order valence-corrected chi connectivity index (χ0v) is 15.4. The van der Waals surface area contributed by atoms with Crippen molar-refractivity contribution >= 4 is 23.3 Å². The molecule has 6 nitrogen and oxygen atoms in total. The van der Waals surface area contributed by atoms with E-state index < -0.39 is 0 Å². The van der Waals surface area contributed by atoms with E-state index in [2.05, 4.69) is 5.32 Å². The second kappa shape index (κ2) is 8.03. The highest BCUT2D eigenvalue weighted by atomic mass is 16.5. The highest BCUT2D eigenvalue weighted by molar-refractivity contribution is 6.04. The first-order chi connectivity index (χ1) is 13.0. The van der Waals surface area contributed by atoms with E-state index in [-0.39, 0.29) is 36.8 Å². The molecule has 0 spiro atoms. The number of amides is 2. The Labute approximate surface area is 158 Å². The molecule has 0 aliphatic carbocycles. The van der Waals surface area contributed by atoms with Gasteiger partial charge in [0.1, 0.15) is 12.3 Å². The summed E-state index contributed by atoms with van der Waals surface area (Å²) >= 11 is 0. The summed E-state index contributed by atoms with van der Waals surface area (Å²) in [5.41, 5.74) is 1.93. The van der Waals surface area contributed by atoms with Crippen molar-refractivity contribution in [1.82, 2.24) is 5.32 Å². The van der Waals surface area contributed by atoms with Crippen molar-refractivity contribution in [3.05, 3.63) is 59.7 Å². The smallest absolute Gasteiger partial charge is 0.265 e. The van der Waals surface area contributed by atoms with Gasteiger partial charge in [-0.3, -0.25) is 19.3 Å². The number of Topliss-reactive ketones (excluding diaryl/α,β-unsaturated/α-hetero) is 1. The molecule has 0 radical (unpaired) electrons. The summed E-state index contributed by atoms with van der Waals surface area (Å²) in [4.78, 5) is 38.2. The molecule has 2 amide bonds. The molecule has 140 valence electrons. The Morgan fingerprint density at radius 2 is 1.93 bits per heavy atom. The highest BCUT2D eigenvalue weighted by Gasteiger charge is 2.28. The minimum atomic E-state index is -0.314. The van der Waals surface area contributed by atoms with Gasteiger partial charge in [-0.1, -0.05) is 37.3 Å². The molecule has 1 unspecified atom stereocenters. The van der Waals surface area contributed by atoms with Crippen LogP contribution in [0.25, 0.3) is 0 Å². The first kappa shape index (κ1) is 18.6. The van der Waals surface area contributed by atoms with Crippen molar-refractivity contribution in [2.24, 2.45) is 0 Å². The lowest BCUT2D eigenvalue weighted by molar-refractivity contribution is -0.125. The average Bonchev–Trinajstić information content (AvgIpc) is 2.69. The molecular weight excluding hydrogens is 344 g/mol. The summed E-state index contributed by atoms with van der Waals surface area (Å²) in [6.45, 7) is 3.41. The molecule has 0 bridgehead atoms. The highest BCUT2D eigenvalue weighted by Crippen LogP contribution is 2.33. The number of nitrogens with one attached hydrogen (secondary N) is 1. The van der Waals surface area contributed by atoms with E-state index in [4.69, 9.17) is 4.74 Å².